The molecule has 1 aromatic heterocycles. The Morgan fingerprint density at radius 2 is 2.38 bits per heavy atom. The first kappa shape index (κ1) is 11.9. The molecule has 2 heterocycles. The van der Waals surface area contributed by atoms with Crippen LogP contribution in [0.4, 0.5) is 0 Å². The van der Waals surface area contributed by atoms with Crippen molar-refractivity contribution in [1.82, 2.24) is 15.1 Å². The summed E-state index contributed by atoms with van der Waals surface area (Å²) in [5, 5.41) is 8.66. The van der Waals surface area contributed by atoms with Gasteiger partial charge in [-0.1, -0.05) is 24.9 Å². The second-order valence-electron chi connectivity index (χ2n) is 4.50. The minimum atomic E-state index is 0.383. The molecule has 0 radical (unpaired) electrons. The first-order valence-electron chi connectivity index (χ1n) is 6.20. The molecular formula is C12H20ClN3. The van der Waals surface area contributed by atoms with Crippen molar-refractivity contribution in [3.63, 3.8) is 0 Å². The molecule has 0 saturated carbocycles. The van der Waals surface area contributed by atoms with E-state index >= 15 is 0 Å². The largest absolute Gasteiger partial charge is 0.309 e. The Kier molecular flexibility index (Phi) is 3.87. The first-order chi connectivity index (χ1) is 7.76. The van der Waals surface area contributed by atoms with Gasteiger partial charge in [-0.15, -0.1) is 0 Å². The molecule has 2 unspecified atom stereocenters. The number of aromatic nitrogens is 2. The summed E-state index contributed by atoms with van der Waals surface area (Å²) in [6, 6.07) is 0.383. The van der Waals surface area contributed by atoms with E-state index in [4.69, 9.17) is 11.6 Å². The molecule has 2 rings (SSSR count). The minimum absolute atomic E-state index is 0.383. The van der Waals surface area contributed by atoms with Gasteiger partial charge >= 0.3 is 0 Å². The van der Waals surface area contributed by atoms with Crippen LogP contribution < -0.4 is 5.32 Å². The SMILES string of the molecule is CCC1CCNC(c2c(Cl)cnn2CC)C1. The van der Waals surface area contributed by atoms with E-state index in [0.29, 0.717) is 6.04 Å². The molecule has 1 N–H and O–H groups in total. The first-order valence-corrected chi connectivity index (χ1v) is 6.58. The Balaban J connectivity index is 2.19. The Labute approximate surface area is 102 Å². The number of nitrogens with one attached hydrogen (secondary N) is 1. The number of halogens is 1. The molecule has 1 aliphatic heterocycles. The highest BCUT2D eigenvalue weighted by molar-refractivity contribution is 6.31. The molecule has 0 aromatic carbocycles. The molecular weight excluding hydrogens is 222 g/mol. The Bertz CT molecular complexity index is 348. The van der Waals surface area contributed by atoms with Crippen LogP contribution in [0, 0.1) is 5.92 Å². The predicted octanol–water partition coefficient (Wildman–Crippen LogP) is 3.01. The van der Waals surface area contributed by atoms with Gasteiger partial charge in [-0.05, 0) is 32.2 Å². The van der Waals surface area contributed by atoms with E-state index < -0.39 is 0 Å². The van der Waals surface area contributed by atoms with E-state index in [9.17, 15) is 0 Å². The summed E-state index contributed by atoms with van der Waals surface area (Å²) in [7, 11) is 0. The lowest BCUT2D eigenvalue weighted by atomic mass is 9.89. The zero-order chi connectivity index (χ0) is 11.5. The van der Waals surface area contributed by atoms with Gasteiger partial charge in [-0.3, -0.25) is 4.68 Å². The number of nitrogens with zero attached hydrogens (tertiary/aromatic N) is 2. The van der Waals surface area contributed by atoms with Gasteiger partial charge in [0.1, 0.15) is 0 Å². The van der Waals surface area contributed by atoms with Crippen molar-refractivity contribution >= 4 is 11.6 Å². The molecule has 1 fully saturated rings. The van der Waals surface area contributed by atoms with Crippen molar-refractivity contribution in [2.45, 2.75) is 45.7 Å². The fraction of sp³-hybridized carbons (Fsp3) is 0.750. The summed E-state index contributed by atoms with van der Waals surface area (Å²) in [4.78, 5) is 0. The highest BCUT2D eigenvalue weighted by atomic mass is 35.5. The molecule has 0 spiro atoms. The second kappa shape index (κ2) is 5.19. The summed E-state index contributed by atoms with van der Waals surface area (Å²) in [5.41, 5.74) is 1.17. The standard InChI is InChI=1S/C12H20ClN3/c1-3-9-5-6-14-11(7-9)12-10(13)8-15-16(12)4-2/h8-9,11,14H,3-7H2,1-2H3. The van der Waals surface area contributed by atoms with Crippen molar-refractivity contribution in [1.29, 1.82) is 0 Å². The van der Waals surface area contributed by atoms with E-state index in [0.717, 1.165) is 24.0 Å². The number of aryl methyl sites for hydroxylation is 1. The van der Waals surface area contributed by atoms with Crippen LogP contribution in [-0.2, 0) is 6.54 Å². The third-order valence-electron chi connectivity index (χ3n) is 3.55. The van der Waals surface area contributed by atoms with Crippen LogP contribution in [-0.4, -0.2) is 16.3 Å². The maximum Gasteiger partial charge on any atom is 0.0834 e. The van der Waals surface area contributed by atoms with Gasteiger partial charge in [-0.2, -0.15) is 5.10 Å². The smallest absolute Gasteiger partial charge is 0.0834 e. The summed E-state index contributed by atoms with van der Waals surface area (Å²) in [6.07, 6.45) is 5.49. The van der Waals surface area contributed by atoms with Gasteiger partial charge < -0.3 is 5.32 Å². The summed E-state index contributed by atoms with van der Waals surface area (Å²) < 4.78 is 2.01. The quantitative estimate of drug-likeness (QED) is 0.882. The lowest BCUT2D eigenvalue weighted by Crippen LogP contribution is -2.33. The van der Waals surface area contributed by atoms with E-state index in [2.05, 4.69) is 24.3 Å². The van der Waals surface area contributed by atoms with Gasteiger partial charge in [0.15, 0.2) is 0 Å². The molecule has 1 aromatic rings. The van der Waals surface area contributed by atoms with E-state index in [1.165, 1.54) is 25.0 Å². The van der Waals surface area contributed by atoms with Crippen molar-refractivity contribution in [3.05, 3.63) is 16.9 Å². The van der Waals surface area contributed by atoms with Crippen LogP contribution >= 0.6 is 11.6 Å². The third-order valence-corrected chi connectivity index (χ3v) is 3.84. The Morgan fingerprint density at radius 3 is 3.06 bits per heavy atom. The van der Waals surface area contributed by atoms with Gasteiger partial charge in [0.25, 0.3) is 0 Å². The van der Waals surface area contributed by atoms with E-state index in [-0.39, 0.29) is 0 Å². The van der Waals surface area contributed by atoms with E-state index in [1.54, 1.807) is 6.20 Å². The Hall–Kier alpha value is -0.540. The fourth-order valence-electron chi connectivity index (χ4n) is 2.55. The zero-order valence-corrected chi connectivity index (χ0v) is 10.8. The van der Waals surface area contributed by atoms with E-state index in [1.807, 2.05) is 4.68 Å². The van der Waals surface area contributed by atoms with Gasteiger partial charge in [0, 0.05) is 6.54 Å². The summed E-state index contributed by atoms with van der Waals surface area (Å²) in [5.74, 6) is 0.822. The molecule has 0 bridgehead atoms. The van der Waals surface area contributed by atoms with Crippen molar-refractivity contribution in [3.8, 4) is 0 Å². The summed E-state index contributed by atoms with van der Waals surface area (Å²) >= 11 is 6.22. The highest BCUT2D eigenvalue weighted by Crippen LogP contribution is 2.32. The average Bonchev–Trinajstić information content (AvgIpc) is 2.70. The highest BCUT2D eigenvalue weighted by Gasteiger charge is 2.26. The van der Waals surface area contributed by atoms with Crippen molar-refractivity contribution < 1.29 is 0 Å². The minimum Gasteiger partial charge on any atom is -0.309 e. The van der Waals surface area contributed by atoms with Crippen LogP contribution in [0.15, 0.2) is 6.20 Å². The van der Waals surface area contributed by atoms with Crippen LogP contribution in [0.25, 0.3) is 0 Å². The van der Waals surface area contributed by atoms with Crippen LogP contribution in [0.5, 0.6) is 0 Å². The number of rotatable bonds is 3. The normalized spacial score (nSPS) is 25.9. The van der Waals surface area contributed by atoms with Gasteiger partial charge in [0.05, 0.1) is 23.0 Å². The summed E-state index contributed by atoms with van der Waals surface area (Å²) in [6.45, 7) is 6.35. The fourth-order valence-corrected chi connectivity index (χ4v) is 2.82. The van der Waals surface area contributed by atoms with Crippen molar-refractivity contribution in [2.24, 2.45) is 5.92 Å². The topological polar surface area (TPSA) is 29.9 Å². The van der Waals surface area contributed by atoms with Gasteiger partial charge in [0.2, 0.25) is 0 Å². The number of hydrogen-bond acceptors (Lipinski definition) is 2. The molecule has 1 aliphatic rings. The Morgan fingerprint density at radius 1 is 1.56 bits per heavy atom. The number of piperidine rings is 1. The molecule has 3 nitrogen and oxygen atoms in total. The monoisotopic (exact) mass is 241 g/mol. The maximum absolute atomic E-state index is 6.22. The van der Waals surface area contributed by atoms with Crippen molar-refractivity contribution in [2.75, 3.05) is 6.54 Å². The number of hydrogen-bond donors (Lipinski definition) is 1. The average molecular weight is 242 g/mol. The van der Waals surface area contributed by atoms with Crippen LogP contribution in [0.1, 0.15) is 44.8 Å². The van der Waals surface area contributed by atoms with Crippen LogP contribution in [0.3, 0.4) is 0 Å². The molecule has 1 saturated heterocycles. The molecule has 2 atom stereocenters. The van der Waals surface area contributed by atoms with Gasteiger partial charge in [-0.25, -0.2) is 0 Å². The zero-order valence-electron chi connectivity index (χ0n) is 10.0. The second-order valence-corrected chi connectivity index (χ2v) is 4.91. The lowest BCUT2D eigenvalue weighted by molar-refractivity contribution is 0.288. The third kappa shape index (κ3) is 2.25. The molecule has 90 valence electrons. The maximum atomic E-state index is 6.22. The molecule has 0 aliphatic carbocycles. The lowest BCUT2D eigenvalue weighted by Gasteiger charge is -2.30. The molecule has 4 heteroatoms. The molecule has 0 amide bonds. The predicted molar refractivity (Wildman–Crippen MR) is 66.7 cm³/mol. The molecule has 16 heavy (non-hydrogen) atoms. The van der Waals surface area contributed by atoms with Crippen LogP contribution in [0.2, 0.25) is 5.02 Å².